The number of hydrogen-bond acceptors (Lipinski definition) is 4. The molecule has 0 aromatic heterocycles. The van der Waals surface area contributed by atoms with Gasteiger partial charge >= 0.3 is 0 Å². The van der Waals surface area contributed by atoms with Gasteiger partial charge in [-0.1, -0.05) is 42.5 Å². The number of methoxy groups -OCH3 is 1. The van der Waals surface area contributed by atoms with Gasteiger partial charge < -0.3 is 19.6 Å². The molecular weight excluding hydrogens is 332 g/mol. The summed E-state index contributed by atoms with van der Waals surface area (Å²) in [6.45, 7) is 0.644. The van der Waals surface area contributed by atoms with Crippen LogP contribution in [0.1, 0.15) is 15.9 Å². The number of amides is 2. The second kappa shape index (κ2) is 8.01. The van der Waals surface area contributed by atoms with Gasteiger partial charge in [0.2, 0.25) is 5.91 Å². The van der Waals surface area contributed by atoms with Gasteiger partial charge in [0.15, 0.2) is 0 Å². The molecule has 2 aromatic carbocycles. The molecule has 2 aromatic rings. The van der Waals surface area contributed by atoms with Gasteiger partial charge in [-0.15, -0.1) is 0 Å². The number of carbonyl (C=O) groups excluding carboxylic acids is 2. The van der Waals surface area contributed by atoms with Crippen LogP contribution in [0.5, 0.6) is 5.75 Å². The predicted octanol–water partition coefficient (Wildman–Crippen LogP) is 1.54. The van der Waals surface area contributed by atoms with E-state index in [0.717, 1.165) is 5.56 Å². The third-order valence-corrected chi connectivity index (χ3v) is 4.38. The zero-order valence-corrected chi connectivity index (χ0v) is 14.7. The van der Waals surface area contributed by atoms with Crippen LogP contribution in [0.2, 0.25) is 0 Å². The van der Waals surface area contributed by atoms with Gasteiger partial charge in [-0.25, -0.2) is 0 Å². The number of hydrogen-bond donors (Lipinski definition) is 1. The first-order valence-electron chi connectivity index (χ1n) is 8.50. The maximum absolute atomic E-state index is 12.9. The summed E-state index contributed by atoms with van der Waals surface area (Å²) >= 11 is 0. The van der Waals surface area contributed by atoms with E-state index in [1.807, 2.05) is 30.3 Å². The van der Waals surface area contributed by atoms with Crippen molar-refractivity contribution in [3.8, 4) is 5.75 Å². The molecule has 1 aliphatic heterocycles. The molecule has 136 valence electrons. The number of ether oxygens (including phenoxy) is 1. The largest absolute Gasteiger partial charge is 0.496 e. The highest BCUT2D eigenvalue weighted by molar-refractivity contribution is 5.99. The van der Waals surface area contributed by atoms with E-state index in [9.17, 15) is 14.7 Å². The molecule has 0 bridgehead atoms. The number of carbonyl (C=O) groups is 2. The van der Waals surface area contributed by atoms with Gasteiger partial charge in [-0.3, -0.25) is 9.59 Å². The number of β-amino-alcohol motifs (C(OH)–C–C–N with tert-alkyl or cyclic N) is 1. The molecule has 0 saturated carbocycles. The van der Waals surface area contributed by atoms with Crippen molar-refractivity contribution in [1.29, 1.82) is 0 Å². The lowest BCUT2D eigenvalue weighted by Crippen LogP contribution is -2.39. The minimum Gasteiger partial charge on any atom is -0.496 e. The van der Waals surface area contributed by atoms with Gasteiger partial charge in [-0.05, 0) is 17.7 Å². The lowest BCUT2D eigenvalue weighted by molar-refractivity contribution is -0.131. The van der Waals surface area contributed by atoms with E-state index in [1.165, 1.54) is 12.0 Å². The summed E-state index contributed by atoms with van der Waals surface area (Å²) in [4.78, 5) is 28.5. The number of rotatable bonds is 4. The molecule has 3 rings (SSSR count). The van der Waals surface area contributed by atoms with E-state index in [2.05, 4.69) is 0 Å². The van der Waals surface area contributed by atoms with Gasteiger partial charge in [0.05, 0.1) is 18.8 Å². The van der Waals surface area contributed by atoms with E-state index in [-0.39, 0.29) is 31.4 Å². The Bertz CT molecular complexity index is 778. The van der Waals surface area contributed by atoms with E-state index >= 15 is 0 Å². The van der Waals surface area contributed by atoms with Gasteiger partial charge in [-0.2, -0.15) is 0 Å². The second-order valence-corrected chi connectivity index (χ2v) is 6.30. The summed E-state index contributed by atoms with van der Waals surface area (Å²) in [6, 6.07) is 16.5. The number of benzene rings is 2. The van der Waals surface area contributed by atoms with Crippen molar-refractivity contribution < 1.29 is 19.4 Å². The third-order valence-electron chi connectivity index (χ3n) is 4.38. The maximum Gasteiger partial charge on any atom is 0.258 e. The molecule has 1 fully saturated rings. The van der Waals surface area contributed by atoms with Crippen molar-refractivity contribution in [2.45, 2.75) is 12.6 Å². The highest BCUT2D eigenvalue weighted by Crippen LogP contribution is 2.21. The minimum absolute atomic E-state index is 0.0687. The SMILES string of the molecule is COc1ccccc1C(=O)N1CC(=O)N(Cc2ccccc2)CC(O)C1. The Morgan fingerprint density at radius 3 is 2.54 bits per heavy atom. The average Bonchev–Trinajstić information content (AvgIpc) is 2.80. The van der Waals surface area contributed by atoms with E-state index in [1.54, 1.807) is 29.2 Å². The standard InChI is InChI=1S/C20H22N2O4/c1-26-18-10-6-5-9-17(18)20(25)22-13-16(23)12-21(19(24)14-22)11-15-7-3-2-4-8-15/h2-10,16,23H,11-14H2,1H3. The minimum atomic E-state index is -0.802. The van der Waals surface area contributed by atoms with Crippen molar-refractivity contribution in [2.75, 3.05) is 26.7 Å². The first-order valence-corrected chi connectivity index (χ1v) is 8.50. The molecule has 6 heteroatoms. The Kier molecular flexibility index (Phi) is 5.53. The number of aliphatic hydroxyl groups is 1. The van der Waals surface area contributed by atoms with Crippen LogP contribution in [0.15, 0.2) is 54.6 Å². The van der Waals surface area contributed by atoms with E-state index in [0.29, 0.717) is 17.9 Å². The normalized spacial score (nSPS) is 17.8. The fourth-order valence-electron chi connectivity index (χ4n) is 3.10. The van der Waals surface area contributed by atoms with Crippen molar-refractivity contribution in [1.82, 2.24) is 9.80 Å². The molecule has 0 radical (unpaired) electrons. The number of para-hydroxylation sites is 1. The van der Waals surface area contributed by atoms with E-state index in [4.69, 9.17) is 4.74 Å². The van der Waals surface area contributed by atoms with Crippen LogP contribution < -0.4 is 4.74 Å². The first kappa shape index (κ1) is 17.9. The number of nitrogens with zero attached hydrogens (tertiary/aromatic N) is 2. The molecule has 6 nitrogen and oxygen atoms in total. The molecule has 0 spiro atoms. The maximum atomic E-state index is 12.9. The first-order chi connectivity index (χ1) is 12.6. The fourth-order valence-corrected chi connectivity index (χ4v) is 3.10. The van der Waals surface area contributed by atoms with Crippen molar-refractivity contribution in [3.05, 3.63) is 65.7 Å². The summed E-state index contributed by atoms with van der Waals surface area (Å²) in [7, 11) is 1.50. The molecule has 1 aliphatic rings. The molecule has 2 amide bonds. The average molecular weight is 354 g/mol. The molecule has 1 atom stereocenters. The summed E-state index contributed by atoms with van der Waals surface area (Å²) in [5, 5.41) is 10.3. The van der Waals surface area contributed by atoms with Crippen LogP contribution in [-0.4, -0.2) is 59.6 Å². The Morgan fingerprint density at radius 1 is 1.12 bits per heavy atom. The zero-order chi connectivity index (χ0) is 18.5. The lowest BCUT2D eigenvalue weighted by atomic mass is 10.1. The highest BCUT2D eigenvalue weighted by Gasteiger charge is 2.30. The van der Waals surface area contributed by atoms with Crippen molar-refractivity contribution in [2.24, 2.45) is 0 Å². The second-order valence-electron chi connectivity index (χ2n) is 6.30. The topological polar surface area (TPSA) is 70.1 Å². The molecule has 1 saturated heterocycles. The van der Waals surface area contributed by atoms with Crippen LogP contribution in [0.25, 0.3) is 0 Å². The Labute approximate surface area is 152 Å². The smallest absolute Gasteiger partial charge is 0.258 e. The van der Waals surface area contributed by atoms with Crippen molar-refractivity contribution >= 4 is 11.8 Å². The van der Waals surface area contributed by atoms with Gasteiger partial charge in [0.1, 0.15) is 12.3 Å². The molecular formula is C20H22N2O4. The van der Waals surface area contributed by atoms with Gasteiger partial charge in [0.25, 0.3) is 5.91 Å². The summed E-state index contributed by atoms with van der Waals surface area (Å²) < 4.78 is 5.24. The Hall–Kier alpha value is -2.86. The van der Waals surface area contributed by atoms with Crippen LogP contribution in [0.4, 0.5) is 0 Å². The monoisotopic (exact) mass is 354 g/mol. The van der Waals surface area contributed by atoms with E-state index < -0.39 is 6.10 Å². The zero-order valence-electron chi connectivity index (χ0n) is 14.7. The van der Waals surface area contributed by atoms with Crippen LogP contribution >= 0.6 is 0 Å². The van der Waals surface area contributed by atoms with Crippen LogP contribution in [0.3, 0.4) is 0 Å². The third kappa shape index (κ3) is 4.03. The highest BCUT2D eigenvalue weighted by atomic mass is 16.5. The molecule has 1 N–H and O–H groups in total. The molecule has 26 heavy (non-hydrogen) atoms. The molecule has 0 aliphatic carbocycles. The van der Waals surface area contributed by atoms with Crippen LogP contribution in [0, 0.1) is 0 Å². The Morgan fingerprint density at radius 2 is 1.81 bits per heavy atom. The number of aliphatic hydroxyl groups excluding tert-OH is 1. The summed E-state index contributed by atoms with van der Waals surface area (Å²) in [5.74, 6) is -0.0603. The van der Waals surface area contributed by atoms with Crippen LogP contribution in [-0.2, 0) is 11.3 Å². The lowest BCUT2D eigenvalue weighted by Gasteiger charge is -2.22. The van der Waals surface area contributed by atoms with Gasteiger partial charge in [0, 0.05) is 19.6 Å². The van der Waals surface area contributed by atoms with Crippen molar-refractivity contribution in [3.63, 3.8) is 0 Å². The summed E-state index contributed by atoms with van der Waals surface area (Å²) in [6.07, 6.45) is -0.802. The molecule has 1 unspecified atom stereocenters. The quantitative estimate of drug-likeness (QED) is 0.904. The fraction of sp³-hybridized carbons (Fsp3) is 0.300. The summed E-state index contributed by atoms with van der Waals surface area (Å²) in [5.41, 5.74) is 1.36. The predicted molar refractivity (Wildman–Crippen MR) is 96.8 cm³/mol. The molecule has 1 heterocycles. The Balaban J connectivity index is 1.77.